The Labute approximate surface area is 217 Å². The molecule has 0 atom stereocenters. The van der Waals surface area contributed by atoms with E-state index in [0.29, 0.717) is 5.39 Å². The topological polar surface area (TPSA) is 121 Å². The number of nitrogens with one attached hydrogen (secondary N) is 1. The van der Waals surface area contributed by atoms with E-state index in [0.717, 1.165) is 29.3 Å². The third kappa shape index (κ3) is 4.39. The van der Waals surface area contributed by atoms with E-state index in [4.69, 9.17) is 4.74 Å². The van der Waals surface area contributed by atoms with Crippen LogP contribution in [0.15, 0.2) is 66.1 Å². The molecule has 0 aliphatic heterocycles. The maximum atomic E-state index is 14.1. The summed E-state index contributed by atoms with van der Waals surface area (Å²) in [5.41, 5.74) is -0.295. The molecule has 3 heterocycles. The number of alkyl halides is 3. The van der Waals surface area contributed by atoms with E-state index in [1.165, 1.54) is 66.8 Å². The summed E-state index contributed by atoms with van der Waals surface area (Å²) >= 11 is 0.836. The Bertz CT molecular complexity index is 1780. The minimum absolute atomic E-state index is 0.0407. The van der Waals surface area contributed by atoms with Crippen molar-refractivity contribution in [1.82, 2.24) is 23.7 Å². The van der Waals surface area contributed by atoms with Crippen LogP contribution in [0.25, 0.3) is 33.3 Å². The van der Waals surface area contributed by atoms with Gasteiger partial charge in [0, 0.05) is 47.5 Å². The molecule has 0 aliphatic rings. The number of aromatic nitrogens is 5. The monoisotopic (exact) mass is 562 g/mol. The lowest BCUT2D eigenvalue weighted by Gasteiger charge is -2.17. The summed E-state index contributed by atoms with van der Waals surface area (Å²) in [7, 11) is -1.47. The first-order chi connectivity index (χ1) is 18.0. The molecule has 15 heteroatoms. The van der Waals surface area contributed by atoms with E-state index in [9.17, 15) is 26.4 Å². The number of halogens is 3. The summed E-state index contributed by atoms with van der Waals surface area (Å²) in [5, 5.41) is 4.38. The van der Waals surface area contributed by atoms with Crippen LogP contribution in [0, 0.1) is 0 Å². The normalized spacial score (nSPS) is 12.1. The second-order valence-corrected chi connectivity index (χ2v) is 10.4. The lowest BCUT2D eigenvalue weighted by molar-refractivity contribution is -0.137. The number of anilines is 1. The van der Waals surface area contributed by atoms with Gasteiger partial charge in [-0.25, -0.2) is 18.2 Å². The van der Waals surface area contributed by atoms with Crippen LogP contribution in [-0.2, 0) is 28.0 Å². The zero-order chi connectivity index (χ0) is 27.2. The molecule has 10 nitrogen and oxygen atoms in total. The number of fused-ring (bicyclic) bond motifs is 1. The smallest absolute Gasteiger partial charge is 0.418 e. The Morgan fingerprint density at radius 3 is 2.55 bits per heavy atom. The number of hydrogen-bond acceptors (Lipinski definition) is 8. The van der Waals surface area contributed by atoms with Crippen LogP contribution in [0.3, 0.4) is 0 Å². The van der Waals surface area contributed by atoms with E-state index in [1.807, 2.05) is 0 Å². The van der Waals surface area contributed by atoms with Gasteiger partial charge in [-0.05, 0) is 29.8 Å². The highest BCUT2D eigenvalue weighted by Gasteiger charge is 2.36. The van der Waals surface area contributed by atoms with Crippen molar-refractivity contribution in [3.63, 3.8) is 0 Å². The van der Waals surface area contributed by atoms with Gasteiger partial charge >= 0.3 is 12.3 Å². The molecule has 0 aliphatic carbocycles. The van der Waals surface area contributed by atoms with Crippen molar-refractivity contribution in [1.29, 1.82) is 0 Å². The van der Waals surface area contributed by atoms with Crippen LogP contribution in [0.5, 0.6) is 0 Å². The van der Waals surface area contributed by atoms with Gasteiger partial charge < -0.3 is 4.74 Å². The van der Waals surface area contributed by atoms with Crippen molar-refractivity contribution in [2.24, 2.45) is 7.05 Å². The Kier molecular flexibility index (Phi) is 6.19. The molecule has 0 unspecified atom stereocenters. The molecule has 0 bridgehead atoms. The summed E-state index contributed by atoms with van der Waals surface area (Å²) < 4.78 is 81.5. The highest BCUT2D eigenvalue weighted by atomic mass is 32.2. The average Bonchev–Trinajstić information content (AvgIpc) is 3.62. The molecule has 3 aromatic heterocycles. The quantitative estimate of drug-likeness (QED) is 0.320. The van der Waals surface area contributed by atoms with Gasteiger partial charge in [0.15, 0.2) is 0 Å². The summed E-state index contributed by atoms with van der Waals surface area (Å²) in [6, 6.07) is 9.13. The summed E-state index contributed by atoms with van der Waals surface area (Å²) in [5.74, 6) is 0. The van der Waals surface area contributed by atoms with E-state index in [1.54, 1.807) is 0 Å². The van der Waals surface area contributed by atoms with Gasteiger partial charge in [0.1, 0.15) is 6.33 Å². The van der Waals surface area contributed by atoms with Crippen LogP contribution in [0.2, 0.25) is 0 Å². The summed E-state index contributed by atoms with van der Waals surface area (Å²) in [4.78, 5) is 16.2. The zero-order valence-electron chi connectivity index (χ0n) is 19.6. The van der Waals surface area contributed by atoms with Gasteiger partial charge in [0.05, 0.1) is 28.8 Å². The molecule has 5 rings (SSSR count). The maximum absolute atomic E-state index is 14.1. The van der Waals surface area contributed by atoms with Crippen molar-refractivity contribution in [2.45, 2.75) is 11.1 Å². The van der Waals surface area contributed by atoms with Gasteiger partial charge in [-0.1, -0.05) is 18.2 Å². The highest BCUT2D eigenvalue weighted by molar-refractivity contribution is 7.93. The fourth-order valence-corrected chi connectivity index (χ4v) is 5.82. The van der Waals surface area contributed by atoms with Crippen molar-refractivity contribution in [3.8, 4) is 22.4 Å². The molecule has 5 aromatic rings. The van der Waals surface area contributed by atoms with Gasteiger partial charge in [-0.3, -0.25) is 14.0 Å². The first kappa shape index (κ1) is 25.4. The minimum atomic E-state index is -4.69. The third-order valence-electron chi connectivity index (χ3n) is 5.78. The average molecular weight is 563 g/mol. The van der Waals surface area contributed by atoms with E-state index < -0.39 is 27.9 Å². The number of carbonyl (C=O) groups is 1. The molecule has 196 valence electrons. The predicted octanol–water partition coefficient (Wildman–Crippen LogP) is 4.99. The molecule has 1 N–H and O–H groups in total. The third-order valence-corrected chi connectivity index (χ3v) is 7.82. The first-order valence-corrected chi connectivity index (χ1v) is 13.0. The molecule has 0 saturated heterocycles. The molecule has 2 aromatic carbocycles. The number of nitrogens with zero attached hydrogens (tertiary/aromatic N) is 5. The van der Waals surface area contributed by atoms with Crippen molar-refractivity contribution in [3.05, 3.63) is 66.7 Å². The van der Waals surface area contributed by atoms with Crippen LogP contribution in [0.1, 0.15) is 5.56 Å². The molecule has 0 spiro atoms. The number of hydrogen-bond donors (Lipinski definition) is 1. The van der Waals surface area contributed by atoms with Crippen molar-refractivity contribution in [2.75, 3.05) is 11.8 Å². The lowest BCUT2D eigenvalue weighted by Crippen LogP contribution is -2.13. The number of aryl methyl sites for hydroxylation is 1. The number of benzene rings is 2. The Hall–Kier alpha value is -4.24. The van der Waals surface area contributed by atoms with Gasteiger partial charge in [-0.2, -0.15) is 22.6 Å². The van der Waals surface area contributed by atoms with Crippen molar-refractivity contribution >= 4 is 43.7 Å². The summed E-state index contributed by atoms with van der Waals surface area (Å²) in [6.07, 6.45) is -1.66. The number of sulfonamides is 1. The predicted molar refractivity (Wildman–Crippen MR) is 133 cm³/mol. The van der Waals surface area contributed by atoms with Crippen LogP contribution in [0.4, 0.5) is 23.1 Å². The Morgan fingerprint density at radius 2 is 1.92 bits per heavy atom. The van der Waals surface area contributed by atoms with Crippen LogP contribution >= 0.6 is 11.5 Å². The molecular formula is C23H17F3N6O4S2. The number of ether oxygens (including phenoxy) is 1. The largest absolute Gasteiger partial charge is 0.452 e. The fraction of sp³-hybridized carbons (Fsp3) is 0.130. The Balaban J connectivity index is 1.77. The van der Waals surface area contributed by atoms with Gasteiger partial charge in [-0.15, -0.1) is 0 Å². The fourth-order valence-electron chi connectivity index (χ4n) is 4.14. The molecular weight excluding hydrogens is 545 g/mol. The molecule has 38 heavy (non-hydrogen) atoms. The number of carbonyl (C=O) groups excluding carboxylic acids is 1. The van der Waals surface area contributed by atoms with Gasteiger partial charge in [0.25, 0.3) is 10.0 Å². The van der Waals surface area contributed by atoms with E-state index in [-0.39, 0.29) is 37.9 Å². The van der Waals surface area contributed by atoms with Crippen LogP contribution < -0.4 is 4.72 Å². The number of methoxy groups -OCH3 is 1. The van der Waals surface area contributed by atoms with E-state index in [2.05, 4.69) is 19.2 Å². The first-order valence-electron chi connectivity index (χ1n) is 10.7. The number of rotatable bonds is 5. The molecule has 0 amide bonds. The molecule has 0 saturated carbocycles. The lowest BCUT2D eigenvalue weighted by atomic mass is 9.92. The summed E-state index contributed by atoms with van der Waals surface area (Å²) in [6.45, 7) is 0. The van der Waals surface area contributed by atoms with Crippen molar-refractivity contribution < 1.29 is 31.1 Å². The van der Waals surface area contributed by atoms with E-state index >= 15 is 0 Å². The maximum Gasteiger partial charge on any atom is 0.418 e. The minimum Gasteiger partial charge on any atom is -0.452 e. The zero-order valence-corrected chi connectivity index (χ0v) is 21.2. The molecule has 0 fully saturated rings. The Morgan fingerprint density at radius 1 is 1.13 bits per heavy atom. The second kappa shape index (κ2) is 9.25. The van der Waals surface area contributed by atoms with Gasteiger partial charge in [0.2, 0.25) is 5.13 Å². The SMILES string of the molecule is COC(=O)n1cc(-c2cccc(C(F)(F)F)c2-c2ccnn2C)c2ccc(S(=O)(=O)Nc3ncns3)cc21. The second-order valence-electron chi connectivity index (χ2n) is 7.98. The standard InChI is InChI=1S/C23H17F3N6O4S2/c1-31-18(8-9-28-31)20-15(4-3-5-17(20)23(24,25)26)16-11-32(22(33)36-2)19-10-13(6-7-14(16)19)38(34,35)30-21-27-12-29-37-21/h3-12H,1-2H3,(H,27,29,30). The highest BCUT2D eigenvalue weighted by Crippen LogP contribution is 2.44. The molecule has 0 radical (unpaired) electrons. The van der Waals surface area contributed by atoms with Crippen LogP contribution in [-0.4, -0.2) is 45.3 Å².